The predicted molar refractivity (Wildman–Crippen MR) is 373 cm³/mol. The number of esters is 2. The van der Waals surface area contributed by atoms with Crippen LogP contribution in [0, 0.1) is 0 Å². The molecule has 0 spiro atoms. The van der Waals surface area contributed by atoms with Crippen LogP contribution in [0.25, 0.3) is 0 Å². The van der Waals surface area contributed by atoms with Crippen LogP contribution in [0.3, 0.4) is 0 Å². The van der Waals surface area contributed by atoms with Gasteiger partial charge in [-0.15, -0.1) is 0 Å². The monoisotopic (exact) mass is 1220 g/mol. The zero-order valence-corrected chi connectivity index (χ0v) is 58.2. The van der Waals surface area contributed by atoms with Crippen molar-refractivity contribution in [3.05, 3.63) is 60.8 Å². The second-order valence-electron chi connectivity index (χ2n) is 26.6. The average molecular weight is 1220 g/mol. The molecule has 1 N–H and O–H groups in total. The van der Waals surface area contributed by atoms with Crippen LogP contribution in [-0.4, -0.2) is 87.4 Å². The van der Waals surface area contributed by atoms with Gasteiger partial charge in [0.1, 0.15) is 13.2 Å². The third-order valence-corrected chi connectivity index (χ3v) is 16.8. The highest BCUT2D eigenvalue weighted by Crippen LogP contribution is 2.19. The van der Waals surface area contributed by atoms with Gasteiger partial charge in [0.05, 0.1) is 34.4 Å². The molecule has 0 aromatic heterocycles. The molecule has 2 unspecified atom stereocenters. The van der Waals surface area contributed by atoms with Crippen LogP contribution in [0.4, 0.5) is 0 Å². The number of allylic oxidation sites excluding steroid dienone is 10. The van der Waals surface area contributed by atoms with Crippen molar-refractivity contribution in [2.45, 2.75) is 373 Å². The lowest BCUT2D eigenvalue weighted by atomic mass is 10.0. The molecule has 0 aliphatic rings. The first-order valence-corrected chi connectivity index (χ1v) is 37.5. The molecular formula is C78H144NO8+. The molecule has 0 aliphatic heterocycles. The average Bonchev–Trinajstić information content (AvgIpc) is 3.55. The number of aliphatic carboxylic acids is 1. The highest BCUT2D eigenvalue weighted by atomic mass is 16.7. The highest BCUT2D eigenvalue weighted by molar-refractivity contribution is 5.71. The summed E-state index contributed by atoms with van der Waals surface area (Å²) in [6, 6.07) is 0. The smallest absolute Gasteiger partial charge is 0.361 e. The maximum atomic E-state index is 13.0. The van der Waals surface area contributed by atoms with Crippen molar-refractivity contribution in [1.29, 1.82) is 0 Å². The van der Waals surface area contributed by atoms with E-state index in [1.54, 1.807) is 0 Å². The van der Waals surface area contributed by atoms with Crippen LogP contribution in [0.15, 0.2) is 60.8 Å². The lowest BCUT2D eigenvalue weighted by molar-refractivity contribution is -0.870. The molecule has 0 heterocycles. The van der Waals surface area contributed by atoms with Crippen LogP contribution >= 0.6 is 0 Å². The molecule has 0 saturated carbocycles. The quantitative estimate of drug-likeness (QED) is 0.0211. The maximum absolute atomic E-state index is 13.0. The van der Waals surface area contributed by atoms with Gasteiger partial charge in [-0.05, 0) is 77.0 Å². The van der Waals surface area contributed by atoms with E-state index in [1.807, 2.05) is 21.1 Å². The minimum absolute atomic E-state index is 0.178. The molecule has 0 aromatic carbocycles. The number of hydrogen-bond donors (Lipinski definition) is 1. The molecule has 0 amide bonds. The molecular weight excluding hydrogens is 1080 g/mol. The van der Waals surface area contributed by atoms with Gasteiger partial charge in [-0.2, -0.15) is 0 Å². The molecule has 9 heteroatoms. The number of carbonyl (C=O) groups excluding carboxylic acids is 2. The maximum Gasteiger partial charge on any atom is 0.361 e. The Morgan fingerprint density at radius 1 is 0.356 bits per heavy atom. The van der Waals surface area contributed by atoms with Crippen LogP contribution in [-0.2, 0) is 33.3 Å². The van der Waals surface area contributed by atoms with Gasteiger partial charge >= 0.3 is 17.9 Å². The van der Waals surface area contributed by atoms with Gasteiger partial charge in [0.15, 0.2) is 6.10 Å². The van der Waals surface area contributed by atoms with E-state index >= 15 is 0 Å². The Morgan fingerprint density at radius 2 is 0.655 bits per heavy atom. The number of nitrogens with zero attached hydrogens (tertiary/aromatic N) is 1. The van der Waals surface area contributed by atoms with Crippen LogP contribution < -0.4 is 0 Å². The third kappa shape index (κ3) is 70.3. The Bertz CT molecular complexity index is 1610. The molecule has 0 rings (SSSR count). The number of hydrogen-bond acceptors (Lipinski definition) is 7. The topological polar surface area (TPSA) is 108 Å². The minimum atomic E-state index is -1.51. The number of quaternary nitrogens is 1. The molecule has 9 nitrogen and oxygen atoms in total. The summed E-state index contributed by atoms with van der Waals surface area (Å²) in [5, 5.41) is 9.75. The molecule has 0 aliphatic carbocycles. The zero-order chi connectivity index (χ0) is 63.3. The molecule has 0 fully saturated rings. The summed E-state index contributed by atoms with van der Waals surface area (Å²) in [5.74, 6) is -1.98. The summed E-state index contributed by atoms with van der Waals surface area (Å²) in [5.41, 5.74) is 0. The molecule has 0 bridgehead atoms. The minimum Gasteiger partial charge on any atom is -0.477 e. The summed E-state index contributed by atoms with van der Waals surface area (Å²) in [6.07, 6.45) is 87.9. The Labute approximate surface area is 539 Å². The van der Waals surface area contributed by atoms with Gasteiger partial charge < -0.3 is 28.5 Å². The van der Waals surface area contributed by atoms with E-state index < -0.39 is 18.4 Å². The number of likely N-dealkylation sites (N-methyl/N-ethyl adjacent to an activating group) is 1. The van der Waals surface area contributed by atoms with Crippen molar-refractivity contribution in [3.63, 3.8) is 0 Å². The van der Waals surface area contributed by atoms with E-state index in [9.17, 15) is 19.5 Å². The second-order valence-corrected chi connectivity index (χ2v) is 26.6. The van der Waals surface area contributed by atoms with E-state index in [2.05, 4.69) is 74.6 Å². The first kappa shape index (κ1) is 84.0. The first-order valence-electron chi connectivity index (χ1n) is 37.5. The molecule has 508 valence electrons. The fourth-order valence-corrected chi connectivity index (χ4v) is 11.1. The van der Waals surface area contributed by atoms with Gasteiger partial charge in [0.2, 0.25) is 0 Å². The highest BCUT2D eigenvalue weighted by Gasteiger charge is 2.25. The molecule has 0 radical (unpaired) electrons. The van der Waals surface area contributed by atoms with E-state index in [0.29, 0.717) is 17.4 Å². The molecule has 0 saturated heterocycles. The lowest BCUT2D eigenvalue weighted by Crippen LogP contribution is -2.40. The van der Waals surface area contributed by atoms with Gasteiger partial charge in [0.25, 0.3) is 6.29 Å². The number of carboxylic acid groups (broad SMARTS) is 1. The Hall–Kier alpha value is -3.01. The van der Waals surface area contributed by atoms with Gasteiger partial charge in [-0.1, -0.05) is 331 Å². The normalized spacial score (nSPS) is 13.0. The summed E-state index contributed by atoms with van der Waals surface area (Å²) >= 11 is 0. The van der Waals surface area contributed by atoms with E-state index in [-0.39, 0.29) is 38.2 Å². The summed E-state index contributed by atoms with van der Waals surface area (Å²) in [7, 11) is 5.99. The predicted octanol–water partition coefficient (Wildman–Crippen LogP) is 23.5. The number of carbonyl (C=O) groups is 3. The van der Waals surface area contributed by atoms with Crippen molar-refractivity contribution in [1.82, 2.24) is 0 Å². The van der Waals surface area contributed by atoms with Crippen molar-refractivity contribution >= 4 is 17.9 Å². The number of unbranched alkanes of at least 4 members (excludes halogenated alkanes) is 45. The summed E-state index contributed by atoms with van der Waals surface area (Å²) in [4.78, 5) is 37.6. The second kappa shape index (κ2) is 68.9. The first-order chi connectivity index (χ1) is 42.6. The molecule has 0 aromatic rings. The van der Waals surface area contributed by atoms with Gasteiger partial charge in [-0.3, -0.25) is 9.59 Å². The van der Waals surface area contributed by atoms with Crippen molar-refractivity contribution in [3.8, 4) is 0 Å². The van der Waals surface area contributed by atoms with Crippen LogP contribution in [0.2, 0.25) is 0 Å². The SMILES string of the molecule is CC/C=C\C/C=C\C/C=C\C/C=C\CCCCCCCCCCCCCCCCCCCCCCCCCCCCC(=O)OC(COC(=O)CCCCCCCCCCCCC/C=C\CCCCCCCCCC)COC(OCC[N+](C)(C)C)C(=O)O. The van der Waals surface area contributed by atoms with Gasteiger partial charge in [-0.25, -0.2) is 4.79 Å². The van der Waals surface area contributed by atoms with E-state index in [1.165, 1.54) is 270 Å². The summed E-state index contributed by atoms with van der Waals surface area (Å²) < 4.78 is 23.0. The third-order valence-electron chi connectivity index (χ3n) is 16.8. The van der Waals surface area contributed by atoms with Crippen LogP contribution in [0.1, 0.15) is 361 Å². The zero-order valence-electron chi connectivity index (χ0n) is 58.2. The Morgan fingerprint density at radius 3 is 0.989 bits per heavy atom. The lowest BCUT2D eigenvalue weighted by Gasteiger charge is -2.25. The number of rotatable bonds is 70. The summed E-state index contributed by atoms with van der Waals surface area (Å²) in [6.45, 7) is 4.82. The standard InChI is InChI=1S/C78H143NO8/c1-6-8-10-12-14-16-18-20-22-24-26-28-30-31-32-33-34-35-36-37-38-39-40-41-42-43-44-45-47-49-51-53-55-57-59-61-63-65-67-69-76(81)87-74(73-86-78(77(82)83)84-71-70-79(3,4)5)72-85-75(80)68-66-64-62-60-58-56-54-52-50-48-46-29-27-25-23-21-19-17-15-13-11-9-7-2/h8,10,14,16,20,22,25-28,74,78H,6-7,9,11-13,15,17-19,21,23-24,29-73H2,1-5H3/p+1/b10-8-,16-14-,22-20-,27-25-,28-26-. The molecule has 87 heavy (non-hydrogen) atoms. The van der Waals surface area contributed by atoms with Gasteiger partial charge in [0, 0.05) is 12.8 Å². The van der Waals surface area contributed by atoms with Crippen molar-refractivity contribution in [2.24, 2.45) is 0 Å². The molecule has 2 atom stereocenters. The number of carboxylic acids is 1. The van der Waals surface area contributed by atoms with E-state index in [0.717, 1.165) is 64.2 Å². The van der Waals surface area contributed by atoms with Crippen molar-refractivity contribution < 1.29 is 42.9 Å². The Kier molecular flexibility index (Phi) is 66.5. The van der Waals surface area contributed by atoms with Crippen LogP contribution in [0.5, 0.6) is 0 Å². The number of ether oxygens (including phenoxy) is 4. The largest absolute Gasteiger partial charge is 0.477 e. The fraction of sp³-hybridized carbons (Fsp3) is 0.833. The van der Waals surface area contributed by atoms with E-state index in [4.69, 9.17) is 18.9 Å². The fourth-order valence-electron chi connectivity index (χ4n) is 11.1. The Balaban J connectivity index is 3.97. The van der Waals surface area contributed by atoms with Crippen molar-refractivity contribution in [2.75, 3.05) is 47.5 Å².